The van der Waals surface area contributed by atoms with Gasteiger partial charge in [-0.2, -0.15) is 0 Å². The molecule has 0 aromatic heterocycles. The molecule has 6 heteroatoms. The number of carbonyl (C=O) groups excluding carboxylic acids is 1. The van der Waals surface area contributed by atoms with Crippen molar-refractivity contribution in [3.63, 3.8) is 0 Å². The van der Waals surface area contributed by atoms with Crippen LogP contribution in [0.4, 0.5) is 5.69 Å². The molecule has 0 fully saturated rings. The van der Waals surface area contributed by atoms with Crippen LogP contribution in [0.2, 0.25) is 0 Å². The van der Waals surface area contributed by atoms with Crippen molar-refractivity contribution in [3.8, 4) is 5.75 Å². The Bertz CT molecular complexity index is 405. The molecule has 0 amide bonds. The summed E-state index contributed by atoms with van der Waals surface area (Å²) in [5.74, 6) is -0.591. The maximum atomic E-state index is 11.3. The fourth-order valence-corrected chi connectivity index (χ4v) is 1.17. The minimum atomic E-state index is -0.592. The van der Waals surface area contributed by atoms with Crippen LogP contribution in [-0.4, -0.2) is 24.1 Å². The molecular weight excluding hydrogens is 226 g/mol. The van der Waals surface area contributed by atoms with E-state index < -0.39 is 10.9 Å². The molecule has 1 aromatic carbocycles. The number of benzene rings is 1. The molecule has 0 aliphatic rings. The molecule has 0 saturated heterocycles. The highest BCUT2D eigenvalue weighted by Gasteiger charge is 2.16. The Morgan fingerprint density at radius 1 is 1.41 bits per heavy atom. The number of nitrogens with zero attached hydrogens (tertiary/aromatic N) is 1. The third-order valence-corrected chi connectivity index (χ3v) is 1.94. The number of nitro benzene ring substituents is 1. The summed E-state index contributed by atoms with van der Waals surface area (Å²) in [7, 11) is 0. The van der Waals surface area contributed by atoms with Crippen LogP contribution in [0, 0.1) is 10.1 Å². The first-order valence-electron chi connectivity index (χ1n) is 5.17. The lowest BCUT2D eigenvalue weighted by molar-refractivity contribution is -0.385. The van der Waals surface area contributed by atoms with E-state index in [9.17, 15) is 14.9 Å². The van der Waals surface area contributed by atoms with Crippen LogP contribution in [0.1, 0.15) is 13.3 Å². The lowest BCUT2D eigenvalue weighted by Gasteiger charge is -2.04. The van der Waals surface area contributed by atoms with Gasteiger partial charge in [-0.3, -0.25) is 14.9 Å². The van der Waals surface area contributed by atoms with Crippen LogP contribution in [0.25, 0.3) is 0 Å². The van der Waals surface area contributed by atoms with Gasteiger partial charge in [-0.05, 0) is 13.0 Å². The predicted molar refractivity (Wildman–Crippen MR) is 59.8 cm³/mol. The van der Waals surface area contributed by atoms with Gasteiger partial charge < -0.3 is 9.47 Å². The van der Waals surface area contributed by atoms with E-state index in [2.05, 4.69) is 0 Å². The van der Waals surface area contributed by atoms with Crippen molar-refractivity contribution in [2.24, 2.45) is 0 Å². The average Bonchev–Trinajstić information content (AvgIpc) is 2.29. The topological polar surface area (TPSA) is 78.7 Å². The van der Waals surface area contributed by atoms with Crippen LogP contribution in [0.3, 0.4) is 0 Å². The van der Waals surface area contributed by atoms with E-state index in [-0.39, 0.29) is 24.5 Å². The van der Waals surface area contributed by atoms with Crippen molar-refractivity contribution in [3.05, 3.63) is 34.4 Å². The number of ether oxygens (including phenoxy) is 2. The number of hydrogen-bond donors (Lipinski definition) is 0. The van der Waals surface area contributed by atoms with Crippen molar-refractivity contribution in [2.45, 2.75) is 13.3 Å². The summed E-state index contributed by atoms with van der Waals surface area (Å²) in [6.45, 7) is 2.57. The number of hydrogen-bond acceptors (Lipinski definition) is 5. The fourth-order valence-electron chi connectivity index (χ4n) is 1.17. The molecule has 0 unspecified atom stereocenters. The molecule has 0 saturated carbocycles. The Balaban J connectivity index is 2.61. The molecule has 92 valence electrons. The second kappa shape index (κ2) is 6.59. The van der Waals surface area contributed by atoms with Crippen molar-refractivity contribution in [1.82, 2.24) is 0 Å². The second-order valence-electron chi connectivity index (χ2n) is 3.15. The van der Waals surface area contributed by atoms with Crippen molar-refractivity contribution in [2.75, 3.05) is 13.2 Å². The van der Waals surface area contributed by atoms with Crippen molar-refractivity contribution >= 4 is 11.7 Å². The molecule has 17 heavy (non-hydrogen) atoms. The summed E-state index contributed by atoms with van der Waals surface area (Å²) in [6.07, 6.45) is 0.0693. The highest BCUT2D eigenvalue weighted by molar-refractivity contribution is 5.73. The van der Waals surface area contributed by atoms with E-state index in [0.717, 1.165) is 0 Å². The van der Waals surface area contributed by atoms with Crippen LogP contribution < -0.4 is 4.74 Å². The molecule has 0 spiro atoms. The number of para-hydroxylation sites is 2. The normalized spacial score (nSPS) is 9.94. The number of rotatable bonds is 6. The molecule has 0 bridgehead atoms. The molecule has 0 radical (unpaired) electrons. The zero-order chi connectivity index (χ0) is 12.7. The second-order valence-corrected chi connectivity index (χ2v) is 3.15. The van der Waals surface area contributed by atoms with Gasteiger partial charge in [-0.1, -0.05) is 12.1 Å². The zero-order valence-electron chi connectivity index (χ0n) is 9.42. The number of nitro groups is 1. The number of esters is 1. The summed E-state index contributed by atoms with van der Waals surface area (Å²) in [6, 6.07) is 5.75. The van der Waals surface area contributed by atoms with E-state index >= 15 is 0 Å². The lowest BCUT2D eigenvalue weighted by atomic mass is 10.3. The molecule has 0 N–H and O–H groups in total. The Kier molecular flexibility index (Phi) is 5.09. The van der Waals surface area contributed by atoms with Crippen LogP contribution in [-0.2, 0) is 9.53 Å². The Morgan fingerprint density at radius 3 is 2.76 bits per heavy atom. The van der Waals surface area contributed by atoms with Gasteiger partial charge in [0, 0.05) is 12.7 Å². The van der Waals surface area contributed by atoms with E-state index in [1.807, 2.05) is 6.92 Å². The summed E-state index contributed by atoms with van der Waals surface area (Å²) in [5.41, 5.74) is -0.225. The Hall–Kier alpha value is -1.95. The summed E-state index contributed by atoms with van der Waals surface area (Å²) in [4.78, 5) is 21.4. The van der Waals surface area contributed by atoms with Crippen LogP contribution >= 0.6 is 0 Å². The molecule has 0 atom stereocenters. The summed E-state index contributed by atoms with van der Waals surface area (Å²) in [5, 5.41) is 10.7. The molecule has 0 heterocycles. The van der Waals surface area contributed by atoms with Crippen molar-refractivity contribution in [1.29, 1.82) is 0 Å². The predicted octanol–water partition coefficient (Wildman–Crippen LogP) is 1.93. The standard InChI is InChI=1S/C11H13NO5/c1-2-16-8-7-11(13)17-10-6-4-3-5-9(10)12(14)15/h3-6H,2,7-8H2,1H3. The first-order valence-corrected chi connectivity index (χ1v) is 5.17. The molecule has 0 aliphatic heterocycles. The van der Waals surface area contributed by atoms with Crippen LogP contribution in [0.5, 0.6) is 5.75 Å². The van der Waals surface area contributed by atoms with Gasteiger partial charge in [0.05, 0.1) is 18.0 Å². The average molecular weight is 239 g/mol. The summed E-state index contributed by atoms with van der Waals surface area (Å²) < 4.78 is 9.88. The number of carbonyl (C=O) groups is 1. The monoisotopic (exact) mass is 239 g/mol. The molecule has 0 aliphatic carbocycles. The Labute approximate surface area is 98.3 Å². The van der Waals surface area contributed by atoms with Gasteiger partial charge in [-0.25, -0.2) is 0 Å². The van der Waals surface area contributed by atoms with E-state index in [1.165, 1.54) is 18.2 Å². The van der Waals surface area contributed by atoms with Gasteiger partial charge in [0.15, 0.2) is 0 Å². The van der Waals surface area contributed by atoms with E-state index in [0.29, 0.717) is 6.61 Å². The third-order valence-electron chi connectivity index (χ3n) is 1.94. The van der Waals surface area contributed by atoms with E-state index in [1.54, 1.807) is 6.07 Å². The van der Waals surface area contributed by atoms with Gasteiger partial charge in [-0.15, -0.1) is 0 Å². The smallest absolute Gasteiger partial charge is 0.313 e. The maximum Gasteiger partial charge on any atom is 0.313 e. The van der Waals surface area contributed by atoms with Gasteiger partial charge in [0.25, 0.3) is 0 Å². The molecule has 1 rings (SSSR count). The highest BCUT2D eigenvalue weighted by Crippen LogP contribution is 2.25. The SMILES string of the molecule is CCOCCC(=O)Oc1ccccc1[N+](=O)[O-]. The van der Waals surface area contributed by atoms with Gasteiger partial charge >= 0.3 is 11.7 Å². The molecule has 6 nitrogen and oxygen atoms in total. The fraction of sp³-hybridized carbons (Fsp3) is 0.364. The Morgan fingerprint density at radius 2 is 2.12 bits per heavy atom. The largest absolute Gasteiger partial charge is 0.419 e. The minimum Gasteiger partial charge on any atom is -0.419 e. The quantitative estimate of drug-likeness (QED) is 0.249. The van der Waals surface area contributed by atoms with Crippen molar-refractivity contribution < 1.29 is 19.2 Å². The third kappa shape index (κ3) is 4.20. The molecule has 1 aromatic rings. The molecular formula is C11H13NO5. The van der Waals surface area contributed by atoms with Crippen LogP contribution in [0.15, 0.2) is 24.3 Å². The van der Waals surface area contributed by atoms with E-state index in [4.69, 9.17) is 9.47 Å². The zero-order valence-corrected chi connectivity index (χ0v) is 9.42. The van der Waals surface area contributed by atoms with Gasteiger partial charge in [0.1, 0.15) is 0 Å². The first kappa shape index (κ1) is 13.1. The lowest BCUT2D eigenvalue weighted by Crippen LogP contribution is -2.12. The maximum absolute atomic E-state index is 11.3. The van der Waals surface area contributed by atoms with Gasteiger partial charge in [0.2, 0.25) is 5.75 Å². The minimum absolute atomic E-state index is 0.0426. The highest BCUT2D eigenvalue weighted by atomic mass is 16.6. The summed E-state index contributed by atoms with van der Waals surface area (Å²) >= 11 is 0. The first-order chi connectivity index (χ1) is 8.15.